The third kappa shape index (κ3) is 2.31. The van der Waals surface area contributed by atoms with Crippen molar-refractivity contribution in [3.05, 3.63) is 72.2 Å². The minimum Gasteiger partial charge on any atom is -0.457 e. The molecule has 1 aromatic heterocycles. The molecule has 0 unspecified atom stereocenters. The third-order valence-electron chi connectivity index (χ3n) is 2.89. The average molecular weight is 266 g/mol. The number of rotatable bonds is 2. The fourth-order valence-electron chi connectivity index (χ4n) is 1.90. The summed E-state index contributed by atoms with van der Waals surface area (Å²) in [6.45, 7) is 0. The van der Waals surface area contributed by atoms with Crippen LogP contribution in [-0.4, -0.2) is 11.9 Å². The largest absolute Gasteiger partial charge is 0.457 e. The second kappa shape index (κ2) is 5.01. The molecule has 0 radical (unpaired) electrons. The van der Waals surface area contributed by atoms with Crippen molar-refractivity contribution in [1.82, 2.24) is 0 Å². The standard InChI is InChI=1S/C16H10O4/c17-15(20-16(18)14-6-3-9-19-14)13-8-7-11-4-1-2-5-12(11)10-13/h1-10H. The Balaban J connectivity index is 1.83. The van der Waals surface area contributed by atoms with Crippen molar-refractivity contribution >= 4 is 22.7 Å². The first-order valence-corrected chi connectivity index (χ1v) is 6.03. The van der Waals surface area contributed by atoms with Crippen LogP contribution in [0.4, 0.5) is 0 Å². The number of carbonyl (C=O) groups excluding carboxylic acids is 2. The van der Waals surface area contributed by atoms with Gasteiger partial charge in [-0.15, -0.1) is 0 Å². The van der Waals surface area contributed by atoms with Gasteiger partial charge in [0.2, 0.25) is 5.76 Å². The maximum Gasteiger partial charge on any atom is 0.382 e. The molecule has 0 aliphatic rings. The molecule has 0 amide bonds. The highest BCUT2D eigenvalue weighted by atomic mass is 16.6. The van der Waals surface area contributed by atoms with Crippen LogP contribution >= 0.6 is 0 Å². The van der Waals surface area contributed by atoms with Gasteiger partial charge in [-0.2, -0.15) is 0 Å². The Morgan fingerprint density at radius 1 is 0.850 bits per heavy atom. The molecule has 0 fully saturated rings. The molecular formula is C16H10O4. The molecule has 0 spiro atoms. The number of benzene rings is 2. The molecule has 0 N–H and O–H groups in total. The van der Waals surface area contributed by atoms with Gasteiger partial charge >= 0.3 is 11.9 Å². The van der Waals surface area contributed by atoms with E-state index in [1.54, 1.807) is 18.2 Å². The van der Waals surface area contributed by atoms with Crippen LogP contribution < -0.4 is 0 Å². The fourth-order valence-corrected chi connectivity index (χ4v) is 1.90. The minimum atomic E-state index is -0.798. The summed E-state index contributed by atoms with van der Waals surface area (Å²) in [5, 5.41) is 1.92. The molecule has 3 aromatic rings. The molecule has 0 aliphatic heterocycles. The Bertz CT molecular complexity index is 772. The Hall–Kier alpha value is -2.88. The topological polar surface area (TPSA) is 56.5 Å². The fraction of sp³-hybridized carbons (Fsp3) is 0. The van der Waals surface area contributed by atoms with Crippen LogP contribution in [0.25, 0.3) is 10.8 Å². The maximum atomic E-state index is 11.9. The molecule has 0 atom stereocenters. The zero-order chi connectivity index (χ0) is 13.9. The summed E-state index contributed by atoms with van der Waals surface area (Å²) in [6.07, 6.45) is 1.34. The van der Waals surface area contributed by atoms with Crippen molar-refractivity contribution in [3.63, 3.8) is 0 Å². The van der Waals surface area contributed by atoms with Gasteiger partial charge in [-0.05, 0) is 35.0 Å². The Labute approximate surface area is 114 Å². The molecule has 4 heteroatoms. The quantitative estimate of drug-likeness (QED) is 0.526. The van der Waals surface area contributed by atoms with Crippen molar-refractivity contribution < 1.29 is 18.7 Å². The van der Waals surface area contributed by atoms with Gasteiger partial charge < -0.3 is 9.15 Å². The lowest BCUT2D eigenvalue weighted by Crippen LogP contribution is -2.12. The SMILES string of the molecule is O=C(OC(=O)c1ccco1)c1ccc2ccccc2c1. The van der Waals surface area contributed by atoms with Crippen LogP contribution in [0.3, 0.4) is 0 Å². The monoisotopic (exact) mass is 266 g/mol. The van der Waals surface area contributed by atoms with E-state index in [-0.39, 0.29) is 5.76 Å². The van der Waals surface area contributed by atoms with Crippen molar-refractivity contribution in [2.45, 2.75) is 0 Å². The predicted molar refractivity (Wildman–Crippen MR) is 72.4 cm³/mol. The highest BCUT2D eigenvalue weighted by Crippen LogP contribution is 2.16. The van der Waals surface area contributed by atoms with Gasteiger partial charge in [-0.3, -0.25) is 0 Å². The van der Waals surface area contributed by atoms with E-state index in [9.17, 15) is 9.59 Å². The lowest BCUT2D eigenvalue weighted by Gasteiger charge is -2.03. The zero-order valence-corrected chi connectivity index (χ0v) is 10.4. The van der Waals surface area contributed by atoms with Crippen LogP contribution in [0.2, 0.25) is 0 Å². The Kier molecular flexibility index (Phi) is 3.05. The van der Waals surface area contributed by atoms with E-state index in [2.05, 4.69) is 0 Å². The van der Waals surface area contributed by atoms with Gasteiger partial charge in [0.25, 0.3) is 0 Å². The van der Waals surface area contributed by atoms with Crippen LogP contribution in [-0.2, 0) is 4.74 Å². The molecule has 1 heterocycles. The molecule has 3 rings (SSSR count). The molecule has 98 valence electrons. The molecule has 0 saturated heterocycles. The van der Waals surface area contributed by atoms with E-state index in [1.165, 1.54) is 12.3 Å². The highest BCUT2D eigenvalue weighted by Gasteiger charge is 2.17. The van der Waals surface area contributed by atoms with Crippen molar-refractivity contribution in [1.29, 1.82) is 0 Å². The van der Waals surface area contributed by atoms with E-state index in [4.69, 9.17) is 9.15 Å². The first kappa shape index (κ1) is 12.2. The summed E-state index contributed by atoms with van der Waals surface area (Å²) in [5.74, 6) is -1.50. The second-order valence-corrected chi connectivity index (χ2v) is 4.22. The third-order valence-corrected chi connectivity index (χ3v) is 2.89. The van der Waals surface area contributed by atoms with Crippen LogP contribution in [0.15, 0.2) is 65.3 Å². The molecule has 0 aliphatic carbocycles. The molecule has 2 aromatic carbocycles. The highest BCUT2D eigenvalue weighted by molar-refractivity contribution is 6.03. The van der Waals surface area contributed by atoms with Crippen molar-refractivity contribution in [2.75, 3.05) is 0 Å². The van der Waals surface area contributed by atoms with Gasteiger partial charge in [0.1, 0.15) is 0 Å². The smallest absolute Gasteiger partial charge is 0.382 e. The van der Waals surface area contributed by atoms with E-state index < -0.39 is 11.9 Å². The number of ether oxygens (including phenoxy) is 1. The first-order valence-electron chi connectivity index (χ1n) is 6.03. The summed E-state index contributed by atoms with van der Waals surface area (Å²) < 4.78 is 9.63. The molecule has 0 bridgehead atoms. The van der Waals surface area contributed by atoms with E-state index >= 15 is 0 Å². The van der Waals surface area contributed by atoms with Crippen LogP contribution in [0.5, 0.6) is 0 Å². The lowest BCUT2D eigenvalue weighted by atomic mass is 10.1. The van der Waals surface area contributed by atoms with Gasteiger partial charge in [0.15, 0.2) is 0 Å². The Morgan fingerprint density at radius 2 is 1.65 bits per heavy atom. The molecule has 20 heavy (non-hydrogen) atoms. The van der Waals surface area contributed by atoms with Gasteiger partial charge in [-0.25, -0.2) is 9.59 Å². The van der Waals surface area contributed by atoms with Crippen LogP contribution in [0, 0.1) is 0 Å². The van der Waals surface area contributed by atoms with Gasteiger partial charge in [0.05, 0.1) is 11.8 Å². The zero-order valence-electron chi connectivity index (χ0n) is 10.4. The number of hydrogen-bond acceptors (Lipinski definition) is 4. The van der Waals surface area contributed by atoms with Crippen LogP contribution in [0.1, 0.15) is 20.9 Å². The first-order chi connectivity index (χ1) is 9.74. The predicted octanol–water partition coefficient (Wildman–Crippen LogP) is 3.43. The summed E-state index contributed by atoms with van der Waals surface area (Å²) in [5.41, 5.74) is 0.323. The van der Waals surface area contributed by atoms with Crippen molar-refractivity contribution in [3.8, 4) is 0 Å². The van der Waals surface area contributed by atoms with Gasteiger partial charge in [0, 0.05) is 0 Å². The number of esters is 2. The lowest BCUT2D eigenvalue weighted by molar-refractivity contribution is 0.0375. The van der Waals surface area contributed by atoms with E-state index in [1.807, 2.05) is 30.3 Å². The average Bonchev–Trinajstić information content (AvgIpc) is 3.01. The maximum absolute atomic E-state index is 11.9. The summed E-state index contributed by atoms with van der Waals surface area (Å²) in [7, 11) is 0. The Morgan fingerprint density at radius 3 is 2.40 bits per heavy atom. The number of hydrogen-bond donors (Lipinski definition) is 0. The summed E-state index contributed by atoms with van der Waals surface area (Å²) in [4.78, 5) is 23.5. The summed E-state index contributed by atoms with van der Waals surface area (Å²) >= 11 is 0. The minimum absolute atomic E-state index is 0.000797. The number of fused-ring (bicyclic) bond motifs is 1. The normalized spacial score (nSPS) is 10.4. The second-order valence-electron chi connectivity index (χ2n) is 4.22. The summed E-state index contributed by atoms with van der Waals surface area (Å²) in [6, 6.07) is 15.7. The van der Waals surface area contributed by atoms with Gasteiger partial charge in [-0.1, -0.05) is 30.3 Å². The van der Waals surface area contributed by atoms with Crippen molar-refractivity contribution in [2.24, 2.45) is 0 Å². The number of furan rings is 1. The number of carbonyl (C=O) groups is 2. The van der Waals surface area contributed by atoms with E-state index in [0.29, 0.717) is 5.56 Å². The molecule has 0 saturated carbocycles. The van der Waals surface area contributed by atoms with E-state index in [0.717, 1.165) is 10.8 Å². The molecule has 4 nitrogen and oxygen atoms in total. The molecular weight excluding hydrogens is 256 g/mol.